The van der Waals surface area contributed by atoms with Crippen LogP contribution in [0.5, 0.6) is 0 Å². The maximum Gasteiger partial charge on any atom is 0.0635 e. The second-order valence-corrected chi connectivity index (χ2v) is 4.63. The lowest BCUT2D eigenvalue weighted by Gasteiger charge is -2.29. The van der Waals surface area contributed by atoms with Crippen LogP contribution in [-0.2, 0) is 0 Å². The summed E-state index contributed by atoms with van der Waals surface area (Å²) in [6, 6.07) is 0.446. The van der Waals surface area contributed by atoms with Gasteiger partial charge in [-0.05, 0) is 29.8 Å². The van der Waals surface area contributed by atoms with Crippen LogP contribution in [0.3, 0.4) is 0 Å². The summed E-state index contributed by atoms with van der Waals surface area (Å²) in [4.78, 5) is 0. The van der Waals surface area contributed by atoms with Gasteiger partial charge in [0.15, 0.2) is 0 Å². The third-order valence-corrected chi connectivity index (χ3v) is 3.06. The molecule has 1 fully saturated rings. The summed E-state index contributed by atoms with van der Waals surface area (Å²) >= 11 is 3.55. The number of nitrogens with one attached hydrogen (secondary N) is 1. The molecule has 2 heterocycles. The Kier molecular flexibility index (Phi) is 2.43. The second-order valence-electron chi connectivity index (χ2n) is 3.77. The Morgan fingerprint density at radius 1 is 1.62 bits per heavy atom. The zero-order valence-corrected chi connectivity index (χ0v) is 9.50. The predicted molar refractivity (Wildman–Crippen MR) is 55.9 cm³/mol. The van der Waals surface area contributed by atoms with Crippen LogP contribution in [-0.4, -0.2) is 22.9 Å². The Labute approximate surface area is 86.6 Å². The van der Waals surface area contributed by atoms with E-state index in [2.05, 4.69) is 44.9 Å². The van der Waals surface area contributed by atoms with Crippen LogP contribution < -0.4 is 5.32 Å². The highest BCUT2D eigenvalue weighted by molar-refractivity contribution is 9.10. The molecule has 1 aliphatic rings. The molecule has 1 aromatic heterocycles. The molecule has 13 heavy (non-hydrogen) atoms. The summed E-state index contributed by atoms with van der Waals surface area (Å²) in [5.41, 5.74) is 1.34. The normalized spacial score (nSPS) is 17.8. The van der Waals surface area contributed by atoms with Crippen LogP contribution in [0.15, 0.2) is 10.7 Å². The van der Waals surface area contributed by atoms with Crippen LogP contribution in [0.4, 0.5) is 0 Å². The molecule has 0 radical (unpaired) electrons. The summed E-state index contributed by atoms with van der Waals surface area (Å²) in [5, 5.41) is 7.64. The number of hydrogen-bond donors (Lipinski definition) is 1. The molecule has 0 aromatic carbocycles. The Balaban J connectivity index is 2.34. The van der Waals surface area contributed by atoms with Crippen molar-refractivity contribution in [2.75, 3.05) is 13.1 Å². The van der Waals surface area contributed by atoms with Crippen LogP contribution in [0.25, 0.3) is 0 Å². The highest BCUT2D eigenvalue weighted by Crippen LogP contribution is 2.29. The number of aromatic nitrogens is 2. The fraction of sp³-hybridized carbons (Fsp3) is 0.667. The van der Waals surface area contributed by atoms with E-state index in [1.54, 1.807) is 0 Å². The van der Waals surface area contributed by atoms with Crippen LogP contribution in [0.1, 0.15) is 31.5 Å². The fourth-order valence-electron chi connectivity index (χ4n) is 1.63. The van der Waals surface area contributed by atoms with Crippen molar-refractivity contribution >= 4 is 15.9 Å². The molecule has 1 aromatic rings. The highest BCUT2D eigenvalue weighted by Gasteiger charge is 2.26. The van der Waals surface area contributed by atoms with Crippen LogP contribution in [0.2, 0.25) is 0 Å². The van der Waals surface area contributed by atoms with Crippen molar-refractivity contribution in [1.29, 1.82) is 0 Å². The molecule has 0 amide bonds. The van der Waals surface area contributed by atoms with E-state index in [4.69, 9.17) is 0 Å². The molecular weight excluding hydrogens is 230 g/mol. The Hall–Kier alpha value is -0.350. The van der Waals surface area contributed by atoms with E-state index < -0.39 is 0 Å². The van der Waals surface area contributed by atoms with E-state index in [0.29, 0.717) is 12.0 Å². The summed E-state index contributed by atoms with van der Waals surface area (Å²) in [6.45, 7) is 6.48. The Morgan fingerprint density at radius 2 is 2.31 bits per heavy atom. The van der Waals surface area contributed by atoms with Crippen molar-refractivity contribution < 1.29 is 0 Å². The van der Waals surface area contributed by atoms with E-state index in [-0.39, 0.29) is 0 Å². The van der Waals surface area contributed by atoms with E-state index in [1.807, 2.05) is 6.20 Å². The zero-order chi connectivity index (χ0) is 9.42. The summed E-state index contributed by atoms with van der Waals surface area (Å²) in [6.07, 6.45) is 1.90. The largest absolute Gasteiger partial charge is 0.315 e. The van der Waals surface area contributed by atoms with E-state index in [9.17, 15) is 0 Å². The van der Waals surface area contributed by atoms with Gasteiger partial charge in [0.2, 0.25) is 0 Å². The van der Waals surface area contributed by atoms with Crippen molar-refractivity contribution in [2.24, 2.45) is 0 Å². The monoisotopic (exact) mass is 243 g/mol. The summed E-state index contributed by atoms with van der Waals surface area (Å²) in [5.74, 6) is 0.638. The van der Waals surface area contributed by atoms with Gasteiger partial charge in [-0.25, -0.2) is 0 Å². The lowest BCUT2D eigenvalue weighted by Crippen LogP contribution is -2.41. The minimum atomic E-state index is 0.446. The molecule has 0 saturated carbocycles. The molecule has 0 spiro atoms. The predicted octanol–water partition coefficient (Wildman–Crippen LogP) is 1.91. The van der Waals surface area contributed by atoms with Crippen LogP contribution >= 0.6 is 15.9 Å². The first-order chi connectivity index (χ1) is 6.20. The molecule has 2 rings (SSSR count). The van der Waals surface area contributed by atoms with E-state index in [1.165, 1.54) is 5.69 Å². The van der Waals surface area contributed by atoms with E-state index in [0.717, 1.165) is 17.6 Å². The fourth-order valence-corrected chi connectivity index (χ4v) is 2.22. The quantitative estimate of drug-likeness (QED) is 0.861. The van der Waals surface area contributed by atoms with Gasteiger partial charge in [0.1, 0.15) is 0 Å². The molecule has 1 N–H and O–H groups in total. The van der Waals surface area contributed by atoms with Gasteiger partial charge >= 0.3 is 0 Å². The van der Waals surface area contributed by atoms with Gasteiger partial charge < -0.3 is 5.32 Å². The highest BCUT2D eigenvalue weighted by atomic mass is 79.9. The molecule has 1 saturated heterocycles. The number of rotatable bonds is 2. The molecule has 4 heteroatoms. The topological polar surface area (TPSA) is 29.9 Å². The standard InChI is InChI=1S/C9H14BrN3/c1-6(2)13-9(7-3-11-4-7)8(10)5-12-13/h5-7,11H,3-4H2,1-2H3. The maximum atomic E-state index is 4.36. The van der Waals surface area contributed by atoms with Gasteiger partial charge in [-0.1, -0.05) is 0 Å². The SMILES string of the molecule is CC(C)n1ncc(Br)c1C1CNC1. The minimum Gasteiger partial charge on any atom is -0.315 e. The molecule has 3 nitrogen and oxygen atoms in total. The molecule has 1 aliphatic heterocycles. The summed E-state index contributed by atoms with van der Waals surface area (Å²) in [7, 11) is 0. The Morgan fingerprint density at radius 3 is 2.77 bits per heavy atom. The zero-order valence-electron chi connectivity index (χ0n) is 7.92. The van der Waals surface area contributed by atoms with Gasteiger partial charge in [0.05, 0.1) is 16.4 Å². The molecule has 0 unspecified atom stereocenters. The van der Waals surface area contributed by atoms with Gasteiger partial charge in [-0.2, -0.15) is 5.10 Å². The first kappa shape index (κ1) is 9.21. The number of nitrogens with zero attached hydrogens (tertiary/aromatic N) is 2. The number of halogens is 1. The first-order valence-electron chi connectivity index (χ1n) is 4.63. The first-order valence-corrected chi connectivity index (χ1v) is 5.43. The van der Waals surface area contributed by atoms with Crippen molar-refractivity contribution in [3.05, 3.63) is 16.4 Å². The molecular formula is C9H14BrN3. The summed E-state index contributed by atoms with van der Waals surface area (Å²) < 4.78 is 3.25. The average Bonchev–Trinajstić information content (AvgIpc) is 2.30. The maximum absolute atomic E-state index is 4.36. The third-order valence-electron chi connectivity index (χ3n) is 2.44. The minimum absolute atomic E-state index is 0.446. The third kappa shape index (κ3) is 1.53. The lowest BCUT2D eigenvalue weighted by molar-refractivity contribution is 0.397. The van der Waals surface area contributed by atoms with Crippen molar-refractivity contribution in [2.45, 2.75) is 25.8 Å². The smallest absolute Gasteiger partial charge is 0.0635 e. The second kappa shape index (κ2) is 3.42. The van der Waals surface area contributed by atoms with Crippen molar-refractivity contribution in [1.82, 2.24) is 15.1 Å². The van der Waals surface area contributed by atoms with Gasteiger partial charge in [0, 0.05) is 25.0 Å². The van der Waals surface area contributed by atoms with Gasteiger partial charge in [-0.3, -0.25) is 4.68 Å². The van der Waals surface area contributed by atoms with Gasteiger partial charge in [0.25, 0.3) is 0 Å². The van der Waals surface area contributed by atoms with Crippen LogP contribution in [0, 0.1) is 0 Å². The molecule has 0 aliphatic carbocycles. The molecule has 0 atom stereocenters. The van der Waals surface area contributed by atoms with Crippen molar-refractivity contribution in [3.63, 3.8) is 0 Å². The number of hydrogen-bond acceptors (Lipinski definition) is 2. The lowest BCUT2D eigenvalue weighted by atomic mass is 9.99. The Bertz CT molecular complexity index is 302. The van der Waals surface area contributed by atoms with Gasteiger partial charge in [-0.15, -0.1) is 0 Å². The molecule has 0 bridgehead atoms. The van der Waals surface area contributed by atoms with E-state index >= 15 is 0 Å². The molecule has 72 valence electrons. The average molecular weight is 244 g/mol. The van der Waals surface area contributed by atoms with Crippen molar-refractivity contribution in [3.8, 4) is 0 Å².